The van der Waals surface area contributed by atoms with Crippen LogP contribution in [0.4, 0.5) is 5.95 Å². The van der Waals surface area contributed by atoms with Crippen molar-refractivity contribution in [3.05, 3.63) is 11.8 Å². The SMILES string of the molecule is CNC(=O)CNc1nc(C)cc(OC)n1. The van der Waals surface area contributed by atoms with E-state index < -0.39 is 0 Å². The van der Waals surface area contributed by atoms with Gasteiger partial charge in [-0.3, -0.25) is 4.79 Å². The van der Waals surface area contributed by atoms with E-state index in [9.17, 15) is 4.79 Å². The number of nitrogens with one attached hydrogen (secondary N) is 2. The predicted molar refractivity (Wildman–Crippen MR) is 55.9 cm³/mol. The molecule has 1 rings (SSSR count). The molecular weight excluding hydrogens is 196 g/mol. The van der Waals surface area contributed by atoms with E-state index >= 15 is 0 Å². The summed E-state index contributed by atoms with van der Waals surface area (Å²) in [5, 5.41) is 5.29. The number of aryl methyl sites for hydroxylation is 1. The lowest BCUT2D eigenvalue weighted by Crippen LogP contribution is -2.26. The molecule has 0 aliphatic heterocycles. The summed E-state index contributed by atoms with van der Waals surface area (Å²) < 4.78 is 4.98. The number of carbonyl (C=O) groups excluding carboxylic acids is 1. The summed E-state index contributed by atoms with van der Waals surface area (Å²) in [6.45, 7) is 1.97. The molecular formula is C9H14N4O2. The van der Waals surface area contributed by atoms with E-state index in [1.807, 2.05) is 6.92 Å². The number of anilines is 1. The highest BCUT2D eigenvalue weighted by molar-refractivity contribution is 5.79. The summed E-state index contributed by atoms with van der Waals surface area (Å²) in [5.41, 5.74) is 0.779. The molecule has 0 atom stereocenters. The number of likely N-dealkylation sites (N-methyl/N-ethyl adjacent to an activating group) is 1. The lowest BCUT2D eigenvalue weighted by Gasteiger charge is -2.06. The molecule has 6 heteroatoms. The minimum atomic E-state index is -0.126. The van der Waals surface area contributed by atoms with Crippen molar-refractivity contribution in [1.82, 2.24) is 15.3 Å². The number of nitrogens with zero attached hydrogens (tertiary/aromatic N) is 2. The minimum Gasteiger partial charge on any atom is -0.481 e. The third kappa shape index (κ3) is 3.41. The van der Waals surface area contributed by atoms with Crippen molar-refractivity contribution in [2.24, 2.45) is 0 Å². The highest BCUT2D eigenvalue weighted by atomic mass is 16.5. The molecule has 0 unspecified atom stereocenters. The Labute approximate surface area is 88.1 Å². The lowest BCUT2D eigenvalue weighted by molar-refractivity contribution is -0.118. The van der Waals surface area contributed by atoms with Crippen LogP contribution in [0, 0.1) is 6.92 Å². The third-order valence-electron chi connectivity index (χ3n) is 1.73. The normalized spacial score (nSPS) is 9.53. The fourth-order valence-corrected chi connectivity index (χ4v) is 0.971. The standard InChI is InChI=1S/C9H14N4O2/c1-6-4-8(15-3)13-9(12-6)11-5-7(14)10-2/h4H,5H2,1-3H3,(H,10,14)(H,11,12,13). The molecule has 0 fully saturated rings. The molecule has 0 aromatic carbocycles. The monoisotopic (exact) mass is 210 g/mol. The average Bonchev–Trinajstić information content (AvgIpc) is 2.25. The smallest absolute Gasteiger partial charge is 0.239 e. The molecule has 0 saturated heterocycles. The highest BCUT2D eigenvalue weighted by Crippen LogP contribution is 2.10. The average molecular weight is 210 g/mol. The minimum absolute atomic E-state index is 0.126. The predicted octanol–water partition coefficient (Wildman–Crippen LogP) is -0.0485. The van der Waals surface area contributed by atoms with Crippen LogP contribution >= 0.6 is 0 Å². The van der Waals surface area contributed by atoms with Crippen LogP contribution in [0.5, 0.6) is 5.88 Å². The van der Waals surface area contributed by atoms with E-state index in [0.717, 1.165) is 5.69 Å². The molecule has 6 nitrogen and oxygen atoms in total. The van der Waals surface area contributed by atoms with Gasteiger partial charge in [-0.25, -0.2) is 4.98 Å². The van der Waals surface area contributed by atoms with Crippen LogP contribution in [0.3, 0.4) is 0 Å². The van der Waals surface area contributed by atoms with Gasteiger partial charge >= 0.3 is 0 Å². The zero-order chi connectivity index (χ0) is 11.3. The zero-order valence-electron chi connectivity index (χ0n) is 9.00. The van der Waals surface area contributed by atoms with E-state index in [0.29, 0.717) is 11.8 Å². The maximum atomic E-state index is 11.0. The number of rotatable bonds is 4. The quantitative estimate of drug-likeness (QED) is 0.728. The Kier molecular flexibility index (Phi) is 3.84. The second-order valence-corrected chi connectivity index (χ2v) is 2.90. The van der Waals surface area contributed by atoms with Crippen LogP contribution in [-0.2, 0) is 4.79 Å². The van der Waals surface area contributed by atoms with Gasteiger partial charge in [0.25, 0.3) is 0 Å². The summed E-state index contributed by atoms with van der Waals surface area (Å²) in [6.07, 6.45) is 0. The molecule has 0 spiro atoms. The first-order valence-corrected chi connectivity index (χ1v) is 4.50. The second kappa shape index (κ2) is 5.14. The number of ether oxygens (including phenoxy) is 1. The summed E-state index contributed by atoms with van der Waals surface area (Å²) in [6, 6.07) is 1.71. The van der Waals surface area contributed by atoms with Gasteiger partial charge in [-0.15, -0.1) is 0 Å². The maximum Gasteiger partial charge on any atom is 0.239 e. The van der Waals surface area contributed by atoms with Gasteiger partial charge in [0.2, 0.25) is 17.7 Å². The molecule has 0 radical (unpaired) electrons. The molecule has 1 aromatic rings. The molecule has 2 N–H and O–H groups in total. The summed E-state index contributed by atoms with van der Waals surface area (Å²) >= 11 is 0. The Bertz CT molecular complexity index is 354. The second-order valence-electron chi connectivity index (χ2n) is 2.90. The zero-order valence-corrected chi connectivity index (χ0v) is 9.00. The van der Waals surface area contributed by atoms with Gasteiger partial charge in [-0.05, 0) is 6.92 Å². The van der Waals surface area contributed by atoms with E-state index in [2.05, 4.69) is 20.6 Å². The fourth-order valence-electron chi connectivity index (χ4n) is 0.971. The van der Waals surface area contributed by atoms with Gasteiger partial charge in [0.15, 0.2) is 0 Å². The van der Waals surface area contributed by atoms with E-state index in [1.54, 1.807) is 13.1 Å². The number of aromatic nitrogens is 2. The van der Waals surface area contributed by atoms with Crippen molar-refractivity contribution in [2.75, 3.05) is 26.0 Å². The molecule has 1 aromatic heterocycles. The Morgan fingerprint density at radius 3 is 2.87 bits per heavy atom. The molecule has 0 aliphatic carbocycles. The Hall–Kier alpha value is -1.85. The van der Waals surface area contributed by atoms with Gasteiger partial charge in [0.05, 0.1) is 13.7 Å². The van der Waals surface area contributed by atoms with Crippen LogP contribution in [0.2, 0.25) is 0 Å². The van der Waals surface area contributed by atoms with Gasteiger partial charge in [-0.1, -0.05) is 0 Å². The Morgan fingerprint density at radius 2 is 2.27 bits per heavy atom. The van der Waals surface area contributed by atoms with E-state index in [-0.39, 0.29) is 12.5 Å². The molecule has 0 aliphatic rings. The third-order valence-corrected chi connectivity index (χ3v) is 1.73. The number of hydrogen-bond donors (Lipinski definition) is 2. The van der Waals surface area contributed by atoms with Crippen molar-refractivity contribution in [3.8, 4) is 5.88 Å². The van der Waals surface area contributed by atoms with Crippen molar-refractivity contribution in [2.45, 2.75) is 6.92 Å². The first-order chi connectivity index (χ1) is 7.15. The molecule has 0 bridgehead atoms. The first-order valence-electron chi connectivity index (χ1n) is 4.50. The lowest BCUT2D eigenvalue weighted by atomic mass is 10.4. The Balaban J connectivity index is 2.68. The van der Waals surface area contributed by atoms with Crippen LogP contribution < -0.4 is 15.4 Å². The van der Waals surface area contributed by atoms with Gasteiger partial charge in [0.1, 0.15) is 0 Å². The van der Waals surface area contributed by atoms with Crippen LogP contribution in [0.25, 0.3) is 0 Å². The fraction of sp³-hybridized carbons (Fsp3) is 0.444. The first kappa shape index (κ1) is 11.2. The van der Waals surface area contributed by atoms with Crippen LogP contribution in [-0.4, -0.2) is 36.6 Å². The maximum absolute atomic E-state index is 11.0. The Morgan fingerprint density at radius 1 is 1.53 bits per heavy atom. The van der Waals surface area contributed by atoms with Crippen molar-refractivity contribution >= 4 is 11.9 Å². The molecule has 1 amide bonds. The van der Waals surface area contributed by atoms with Crippen molar-refractivity contribution in [1.29, 1.82) is 0 Å². The molecule has 82 valence electrons. The van der Waals surface area contributed by atoms with Crippen molar-refractivity contribution < 1.29 is 9.53 Å². The summed E-state index contributed by atoms with van der Waals surface area (Å²) in [5.74, 6) is 0.733. The topological polar surface area (TPSA) is 76.1 Å². The van der Waals surface area contributed by atoms with E-state index in [4.69, 9.17) is 4.74 Å². The number of hydrogen-bond acceptors (Lipinski definition) is 5. The highest BCUT2D eigenvalue weighted by Gasteiger charge is 2.03. The van der Waals surface area contributed by atoms with E-state index in [1.165, 1.54) is 7.11 Å². The largest absolute Gasteiger partial charge is 0.481 e. The summed E-state index contributed by atoms with van der Waals surface area (Å²) in [7, 11) is 3.10. The molecule has 1 heterocycles. The molecule has 15 heavy (non-hydrogen) atoms. The van der Waals surface area contributed by atoms with Crippen LogP contribution in [0.1, 0.15) is 5.69 Å². The number of carbonyl (C=O) groups is 1. The van der Waals surface area contributed by atoms with Crippen LogP contribution in [0.15, 0.2) is 6.07 Å². The number of amides is 1. The van der Waals surface area contributed by atoms with Gasteiger partial charge in [-0.2, -0.15) is 4.98 Å². The van der Waals surface area contributed by atoms with Gasteiger partial charge < -0.3 is 15.4 Å². The summed E-state index contributed by atoms with van der Waals surface area (Å²) in [4.78, 5) is 19.1. The molecule has 0 saturated carbocycles. The van der Waals surface area contributed by atoms with Crippen molar-refractivity contribution in [3.63, 3.8) is 0 Å². The number of methoxy groups -OCH3 is 1. The van der Waals surface area contributed by atoms with Gasteiger partial charge in [0, 0.05) is 18.8 Å².